The van der Waals surface area contributed by atoms with Gasteiger partial charge >= 0.3 is 12.1 Å². The standard InChI is InChI=1S/C13H15F3N2O3/c1-12(11(20)21)4-6-18(7-12)10(19)9-3-2-5-17(9)8-13(14,15)16/h2-3,5H,4,6-8H2,1H3,(H,20,21). The summed E-state index contributed by atoms with van der Waals surface area (Å²) in [5.74, 6) is -1.59. The lowest BCUT2D eigenvalue weighted by atomic mass is 9.90. The van der Waals surface area contributed by atoms with E-state index in [1.165, 1.54) is 30.2 Å². The zero-order chi connectivity index (χ0) is 15.8. The molecule has 0 spiro atoms. The number of carboxylic acids is 1. The zero-order valence-electron chi connectivity index (χ0n) is 11.4. The zero-order valence-corrected chi connectivity index (χ0v) is 11.4. The van der Waals surface area contributed by atoms with E-state index >= 15 is 0 Å². The van der Waals surface area contributed by atoms with Crippen LogP contribution in [0, 0.1) is 5.41 Å². The third-order valence-corrected chi connectivity index (χ3v) is 3.68. The average Bonchev–Trinajstić information content (AvgIpc) is 2.94. The minimum atomic E-state index is -4.42. The fourth-order valence-electron chi connectivity index (χ4n) is 2.41. The second-order valence-electron chi connectivity index (χ2n) is 5.48. The summed E-state index contributed by atoms with van der Waals surface area (Å²) < 4.78 is 38.2. The maximum absolute atomic E-state index is 12.4. The minimum Gasteiger partial charge on any atom is -0.481 e. The van der Waals surface area contributed by atoms with Gasteiger partial charge in [-0.2, -0.15) is 13.2 Å². The van der Waals surface area contributed by atoms with Crippen LogP contribution in [0.1, 0.15) is 23.8 Å². The Labute approximate surface area is 119 Å². The number of alkyl halides is 3. The maximum Gasteiger partial charge on any atom is 0.406 e. The normalized spacial score (nSPS) is 22.6. The van der Waals surface area contributed by atoms with Crippen molar-refractivity contribution < 1.29 is 27.9 Å². The van der Waals surface area contributed by atoms with Gasteiger partial charge in [-0.3, -0.25) is 9.59 Å². The molecule has 2 rings (SSSR count). The monoisotopic (exact) mass is 304 g/mol. The summed E-state index contributed by atoms with van der Waals surface area (Å²) in [6.45, 7) is 0.500. The molecule has 21 heavy (non-hydrogen) atoms. The van der Waals surface area contributed by atoms with Crippen molar-refractivity contribution >= 4 is 11.9 Å². The molecular formula is C13H15F3N2O3. The predicted octanol–water partition coefficient (Wildman–Crippen LogP) is 1.99. The molecule has 1 fully saturated rings. The Kier molecular flexibility index (Phi) is 3.73. The smallest absolute Gasteiger partial charge is 0.406 e. The van der Waals surface area contributed by atoms with Crippen LogP contribution in [-0.2, 0) is 11.3 Å². The number of amides is 1. The van der Waals surface area contributed by atoms with E-state index in [1.807, 2.05) is 0 Å². The lowest BCUT2D eigenvalue weighted by Gasteiger charge is -2.21. The van der Waals surface area contributed by atoms with Crippen molar-refractivity contribution in [3.8, 4) is 0 Å². The van der Waals surface area contributed by atoms with Gasteiger partial charge in [-0.15, -0.1) is 0 Å². The second-order valence-corrected chi connectivity index (χ2v) is 5.48. The number of nitrogens with zero attached hydrogens (tertiary/aromatic N) is 2. The Hall–Kier alpha value is -1.99. The fourth-order valence-corrected chi connectivity index (χ4v) is 2.41. The van der Waals surface area contributed by atoms with Gasteiger partial charge in [0.25, 0.3) is 5.91 Å². The molecule has 116 valence electrons. The summed E-state index contributed by atoms with van der Waals surface area (Å²) in [4.78, 5) is 24.7. The average molecular weight is 304 g/mol. The highest BCUT2D eigenvalue weighted by Gasteiger charge is 2.42. The van der Waals surface area contributed by atoms with Gasteiger partial charge in [-0.1, -0.05) is 0 Å². The van der Waals surface area contributed by atoms with Crippen LogP contribution < -0.4 is 0 Å². The van der Waals surface area contributed by atoms with E-state index in [0.717, 1.165) is 4.57 Å². The first-order valence-corrected chi connectivity index (χ1v) is 6.37. The van der Waals surface area contributed by atoms with Crippen molar-refractivity contribution in [2.24, 2.45) is 5.41 Å². The Balaban J connectivity index is 2.16. The van der Waals surface area contributed by atoms with Gasteiger partial charge < -0.3 is 14.6 Å². The molecule has 0 radical (unpaired) electrons. The molecule has 1 aliphatic rings. The molecule has 0 aliphatic carbocycles. The number of halogens is 3. The summed E-state index contributed by atoms with van der Waals surface area (Å²) in [5, 5.41) is 9.12. The van der Waals surface area contributed by atoms with Crippen LogP contribution in [0.15, 0.2) is 18.3 Å². The molecule has 8 heteroatoms. The summed E-state index contributed by atoms with van der Waals surface area (Å²) in [6.07, 6.45) is -2.95. The highest BCUT2D eigenvalue weighted by atomic mass is 19.4. The Morgan fingerprint density at radius 2 is 2.10 bits per heavy atom. The van der Waals surface area contributed by atoms with Crippen molar-refractivity contribution in [1.29, 1.82) is 0 Å². The molecule has 1 aliphatic heterocycles. The number of carbonyl (C=O) groups is 2. The first-order valence-electron chi connectivity index (χ1n) is 6.37. The molecule has 1 N–H and O–H groups in total. The molecule has 0 saturated carbocycles. The molecule has 0 aromatic carbocycles. The number of carbonyl (C=O) groups excluding carboxylic acids is 1. The van der Waals surface area contributed by atoms with Crippen molar-refractivity contribution in [3.05, 3.63) is 24.0 Å². The topological polar surface area (TPSA) is 62.5 Å². The molecule has 1 atom stereocenters. The van der Waals surface area contributed by atoms with Crippen molar-refractivity contribution in [3.63, 3.8) is 0 Å². The molecule has 1 unspecified atom stereocenters. The lowest BCUT2D eigenvalue weighted by Crippen LogP contribution is -2.36. The lowest BCUT2D eigenvalue weighted by molar-refractivity contribution is -0.147. The summed E-state index contributed by atoms with van der Waals surface area (Å²) >= 11 is 0. The van der Waals surface area contributed by atoms with E-state index in [1.54, 1.807) is 0 Å². The van der Waals surface area contributed by atoms with Crippen LogP contribution >= 0.6 is 0 Å². The van der Waals surface area contributed by atoms with Crippen LogP contribution in [0.4, 0.5) is 13.2 Å². The summed E-state index contributed by atoms with van der Waals surface area (Å²) in [6, 6.07) is 2.68. The summed E-state index contributed by atoms with van der Waals surface area (Å²) in [5.41, 5.74) is -1.13. The van der Waals surface area contributed by atoms with Gasteiger partial charge in [0.1, 0.15) is 12.2 Å². The molecule has 0 bridgehead atoms. The molecule has 1 aromatic rings. The molecule has 2 heterocycles. The number of rotatable bonds is 3. The van der Waals surface area contributed by atoms with E-state index in [-0.39, 0.29) is 25.2 Å². The third-order valence-electron chi connectivity index (χ3n) is 3.68. The number of aromatic nitrogens is 1. The summed E-state index contributed by atoms with van der Waals surface area (Å²) in [7, 11) is 0. The molecule has 1 amide bonds. The number of hydrogen-bond donors (Lipinski definition) is 1. The number of hydrogen-bond acceptors (Lipinski definition) is 2. The van der Waals surface area contributed by atoms with E-state index in [2.05, 4.69) is 0 Å². The Morgan fingerprint density at radius 3 is 2.62 bits per heavy atom. The van der Waals surface area contributed by atoms with E-state index < -0.39 is 30.0 Å². The van der Waals surface area contributed by atoms with Crippen molar-refractivity contribution in [2.75, 3.05) is 13.1 Å². The first-order chi connectivity index (χ1) is 9.62. The van der Waals surface area contributed by atoms with Crippen molar-refractivity contribution in [2.45, 2.75) is 26.1 Å². The van der Waals surface area contributed by atoms with Gasteiger partial charge in [0.15, 0.2) is 0 Å². The predicted molar refractivity (Wildman–Crippen MR) is 66.8 cm³/mol. The Bertz CT molecular complexity index is 567. The van der Waals surface area contributed by atoms with Gasteiger partial charge in [-0.05, 0) is 25.5 Å². The van der Waals surface area contributed by atoms with Gasteiger partial charge in [0.05, 0.1) is 5.41 Å². The van der Waals surface area contributed by atoms with E-state index in [0.29, 0.717) is 0 Å². The minimum absolute atomic E-state index is 0.00162. The molecular weight excluding hydrogens is 289 g/mol. The van der Waals surface area contributed by atoms with Crippen LogP contribution in [-0.4, -0.2) is 45.7 Å². The van der Waals surface area contributed by atoms with Crippen LogP contribution in [0.5, 0.6) is 0 Å². The first kappa shape index (κ1) is 15.4. The third kappa shape index (κ3) is 3.20. The SMILES string of the molecule is CC1(C(=O)O)CCN(C(=O)c2cccn2CC(F)(F)F)C1. The van der Waals surface area contributed by atoms with E-state index in [4.69, 9.17) is 5.11 Å². The highest BCUT2D eigenvalue weighted by Crippen LogP contribution is 2.31. The molecule has 1 aromatic heterocycles. The van der Waals surface area contributed by atoms with Crippen LogP contribution in [0.2, 0.25) is 0 Å². The fraction of sp³-hybridized carbons (Fsp3) is 0.538. The largest absolute Gasteiger partial charge is 0.481 e. The number of likely N-dealkylation sites (tertiary alicyclic amines) is 1. The van der Waals surface area contributed by atoms with Gasteiger partial charge in [-0.25, -0.2) is 0 Å². The van der Waals surface area contributed by atoms with E-state index in [9.17, 15) is 22.8 Å². The molecule has 5 nitrogen and oxygen atoms in total. The highest BCUT2D eigenvalue weighted by molar-refractivity contribution is 5.93. The van der Waals surface area contributed by atoms with Gasteiger partial charge in [0, 0.05) is 19.3 Å². The van der Waals surface area contributed by atoms with Crippen LogP contribution in [0.3, 0.4) is 0 Å². The van der Waals surface area contributed by atoms with Crippen molar-refractivity contribution in [1.82, 2.24) is 9.47 Å². The second kappa shape index (κ2) is 5.09. The van der Waals surface area contributed by atoms with Crippen LogP contribution in [0.25, 0.3) is 0 Å². The number of carboxylic acid groups (broad SMARTS) is 1. The molecule has 1 saturated heterocycles. The number of aliphatic carboxylic acids is 1. The maximum atomic E-state index is 12.4. The quantitative estimate of drug-likeness (QED) is 0.929. The Morgan fingerprint density at radius 1 is 1.43 bits per heavy atom. The van der Waals surface area contributed by atoms with Gasteiger partial charge in [0.2, 0.25) is 0 Å².